The van der Waals surface area contributed by atoms with Gasteiger partial charge in [0.15, 0.2) is 11.6 Å². The summed E-state index contributed by atoms with van der Waals surface area (Å²) in [6.07, 6.45) is 9.34. The van der Waals surface area contributed by atoms with Crippen LogP contribution in [0.25, 0.3) is 0 Å². The number of imide groups is 1. The Labute approximate surface area is 196 Å². The number of rotatable bonds is 6. The number of halogens is 2. The molecule has 8 nitrogen and oxygen atoms in total. The Balaban J connectivity index is 1.27. The lowest BCUT2D eigenvalue weighted by molar-refractivity contribution is 0.158. The third kappa shape index (κ3) is 4.95. The van der Waals surface area contributed by atoms with Gasteiger partial charge in [-0.3, -0.25) is 0 Å². The molecule has 1 aromatic rings. The molecule has 4 atom stereocenters. The standard InChI is InChI=1S/C24H27F2N5O3/c25-18-5-4-16(12-19(18)26)20-14-34-23(33)31(20)22(32)30-11-10-28-17-6-9-29-21(13-17)24(15-27)7-2-1-3-8-24/h1-5,7,12,17,20-21,28-29H,6,8-11,13-14H2,(H,30,32). The van der Waals surface area contributed by atoms with Crippen LogP contribution in [0.15, 0.2) is 42.5 Å². The van der Waals surface area contributed by atoms with Crippen molar-refractivity contribution < 1.29 is 23.1 Å². The fourth-order valence-electron chi connectivity index (χ4n) is 4.69. The number of benzene rings is 1. The van der Waals surface area contributed by atoms with Crippen molar-refractivity contribution in [3.8, 4) is 6.07 Å². The normalized spacial score (nSPS) is 28.4. The maximum Gasteiger partial charge on any atom is 0.418 e. The van der Waals surface area contributed by atoms with Gasteiger partial charge in [0.05, 0.1) is 11.5 Å². The summed E-state index contributed by atoms with van der Waals surface area (Å²) in [4.78, 5) is 25.6. The van der Waals surface area contributed by atoms with Crippen molar-refractivity contribution in [1.29, 1.82) is 5.26 Å². The Hall–Kier alpha value is -3.29. The fourth-order valence-corrected chi connectivity index (χ4v) is 4.69. The molecule has 2 heterocycles. The number of nitriles is 1. The Morgan fingerprint density at radius 1 is 1.29 bits per heavy atom. The monoisotopic (exact) mass is 471 g/mol. The minimum Gasteiger partial charge on any atom is -0.446 e. The van der Waals surface area contributed by atoms with Crippen LogP contribution in [0.5, 0.6) is 0 Å². The van der Waals surface area contributed by atoms with E-state index < -0.39 is 35.2 Å². The second-order valence-electron chi connectivity index (χ2n) is 8.69. The number of hydrogen-bond donors (Lipinski definition) is 3. The predicted octanol–water partition coefficient (Wildman–Crippen LogP) is 2.90. The van der Waals surface area contributed by atoms with E-state index in [-0.39, 0.29) is 30.8 Å². The molecule has 2 fully saturated rings. The molecule has 4 rings (SSSR count). The smallest absolute Gasteiger partial charge is 0.418 e. The van der Waals surface area contributed by atoms with Gasteiger partial charge in [0.25, 0.3) is 0 Å². The van der Waals surface area contributed by atoms with Gasteiger partial charge < -0.3 is 20.7 Å². The molecule has 3 N–H and O–H groups in total. The van der Waals surface area contributed by atoms with Crippen molar-refractivity contribution in [1.82, 2.24) is 20.9 Å². The highest BCUT2D eigenvalue weighted by Crippen LogP contribution is 2.35. The number of ether oxygens (including phenoxy) is 1. The van der Waals surface area contributed by atoms with Crippen molar-refractivity contribution >= 4 is 12.1 Å². The third-order valence-corrected chi connectivity index (χ3v) is 6.58. The summed E-state index contributed by atoms with van der Waals surface area (Å²) in [5, 5.41) is 19.3. The van der Waals surface area contributed by atoms with E-state index in [1.807, 2.05) is 24.3 Å². The van der Waals surface area contributed by atoms with Gasteiger partial charge in [0.1, 0.15) is 12.6 Å². The molecule has 180 valence electrons. The first kappa shape index (κ1) is 23.9. The Bertz CT molecular complexity index is 1040. The van der Waals surface area contributed by atoms with E-state index in [1.165, 1.54) is 6.07 Å². The van der Waals surface area contributed by atoms with E-state index in [9.17, 15) is 23.6 Å². The van der Waals surface area contributed by atoms with Crippen molar-refractivity contribution in [2.24, 2.45) is 5.41 Å². The number of piperidine rings is 1. The molecule has 10 heteroatoms. The van der Waals surface area contributed by atoms with E-state index in [2.05, 4.69) is 22.0 Å². The van der Waals surface area contributed by atoms with Gasteiger partial charge in [-0.15, -0.1) is 0 Å². The van der Waals surface area contributed by atoms with E-state index in [0.29, 0.717) is 13.0 Å². The highest BCUT2D eigenvalue weighted by molar-refractivity contribution is 5.92. The zero-order valence-electron chi connectivity index (χ0n) is 18.6. The number of cyclic esters (lactones) is 1. The summed E-state index contributed by atoms with van der Waals surface area (Å²) in [5.41, 5.74) is -0.286. The Morgan fingerprint density at radius 3 is 2.88 bits per heavy atom. The summed E-state index contributed by atoms with van der Waals surface area (Å²) < 4.78 is 31.8. The fraction of sp³-hybridized carbons (Fsp3) is 0.458. The van der Waals surface area contributed by atoms with Crippen LogP contribution in [0, 0.1) is 28.4 Å². The van der Waals surface area contributed by atoms with E-state index in [0.717, 1.165) is 36.4 Å². The third-order valence-electron chi connectivity index (χ3n) is 6.58. The summed E-state index contributed by atoms with van der Waals surface area (Å²) in [7, 11) is 0. The van der Waals surface area contributed by atoms with Gasteiger partial charge in [-0.05, 0) is 43.5 Å². The van der Waals surface area contributed by atoms with Crippen LogP contribution in [-0.4, -0.2) is 55.3 Å². The van der Waals surface area contributed by atoms with Gasteiger partial charge in [-0.25, -0.2) is 23.3 Å². The van der Waals surface area contributed by atoms with E-state index in [1.54, 1.807) is 0 Å². The first-order valence-corrected chi connectivity index (χ1v) is 11.3. The number of carbonyl (C=O) groups excluding carboxylic acids is 2. The lowest BCUT2D eigenvalue weighted by atomic mass is 9.72. The molecule has 2 aliphatic heterocycles. The lowest BCUT2D eigenvalue weighted by Gasteiger charge is -2.39. The summed E-state index contributed by atoms with van der Waals surface area (Å²) >= 11 is 0. The summed E-state index contributed by atoms with van der Waals surface area (Å²) in [5.74, 6) is -2.06. The van der Waals surface area contributed by atoms with Crippen molar-refractivity contribution in [3.05, 3.63) is 59.7 Å². The van der Waals surface area contributed by atoms with Crippen molar-refractivity contribution in [2.45, 2.75) is 37.4 Å². The SMILES string of the molecule is N#CC1(C2CC(NCCNC(=O)N3C(=O)OCC3c3ccc(F)c(F)c3)CCN2)C=CC=CC1. The Morgan fingerprint density at radius 2 is 2.15 bits per heavy atom. The number of hydrogen-bond acceptors (Lipinski definition) is 6. The van der Waals surface area contributed by atoms with Crippen molar-refractivity contribution in [3.63, 3.8) is 0 Å². The van der Waals surface area contributed by atoms with Gasteiger partial charge >= 0.3 is 12.1 Å². The van der Waals surface area contributed by atoms with Crippen LogP contribution in [0.3, 0.4) is 0 Å². The molecule has 4 unspecified atom stereocenters. The van der Waals surface area contributed by atoms with Gasteiger partial charge in [-0.2, -0.15) is 5.26 Å². The van der Waals surface area contributed by atoms with Crippen LogP contribution in [0.2, 0.25) is 0 Å². The van der Waals surface area contributed by atoms with Crippen LogP contribution < -0.4 is 16.0 Å². The predicted molar refractivity (Wildman–Crippen MR) is 119 cm³/mol. The molecule has 0 saturated carbocycles. The van der Waals surface area contributed by atoms with E-state index >= 15 is 0 Å². The van der Waals surface area contributed by atoms with Gasteiger partial charge in [0.2, 0.25) is 0 Å². The molecule has 0 radical (unpaired) electrons. The molecular formula is C24H27F2N5O3. The number of nitrogens with zero attached hydrogens (tertiary/aromatic N) is 2. The molecular weight excluding hydrogens is 444 g/mol. The second kappa shape index (κ2) is 10.3. The zero-order chi connectivity index (χ0) is 24.1. The maximum absolute atomic E-state index is 13.6. The molecule has 0 spiro atoms. The minimum atomic E-state index is -1.06. The molecule has 3 amide bonds. The van der Waals surface area contributed by atoms with Crippen LogP contribution >= 0.6 is 0 Å². The second-order valence-corrected chi connectivity index (χ2v) is 8.69. The van der Waals surface area contributed by atoms with E-state index in [4.69, 9.17) is 4.74 Å². The first-order valence-electron chi connectivity index (χ1n) is 11.3. The van der Waals surface area contributed by atoms with Crippen LogP contribution in [-0.2, 0) is 4.74 Å². The first-order chi connectivity index (χ1) is 16.4. The molecule has 34 heavy (non-hydrogen) atoms. The largest absolute Gasteiger partial charge is 0.446 e. The van der Waals surface area contributed by atoms with Gasteiger partial charge in [-0.1, -0.05) is 30.4 Å². The quantitative estimate of drug-likeness (QED) is 0.551. The average Bonchev–Trinajstić information content (AvgIpc) is 3.25. The number of allylic oxidation sites excluding steroid dienone is 3. The highest BCUT2D eigenvalue weighted by atomic mass is 19.2. The van der Waals surface area contributed by atoms with Crippen molar-refractivity contribution in [2.75, 3.05) is 26.2 Å². The molecule has 0 bridgehead atoms. The zero-order valence-corrected chi connectivity index (χ0v) is 18.6. The van der Waals surface area contributed by atoms with Crippen LogP contribution in [0.1, 0.15) is 30.9 Å². The summed E-state index contributed by atoms with van der Waals surface area (Å²) in [6, 6.07) is 4.42. The molecule has 2 saturated heterocycles. The average molecular weight is 472 g/mol. The number of amides is 3. The Kier molecular flexibility index (Phi) is 7.24. The van der Waals surface area contributed by atoms with Crippen LogP contribution in [0.4, 0.5) is 18.4 Å². The molecule has 3 aliphatic rings. The highest BCUT2D eigenvalue weighted by Gasteiger charge is 2.40. The minimum absolute atomic E-state index is 0.0239. The maximum atomic E-state index is 13.6. The number of nitrogens with one attached hydrogen (secondary N) is 3. The molecule has 1 aromatic carbocycles. The number of carbonyl (C=O) groups is 2. The lowest BCUT2D eigenvalue weighted by Crippen LogP contribution is -2.54. The molecule has 1 aliphatic carbocycles. The number of urea groups is 1. The summed E-state index contributed by atoms with van der Waals surface area (Å²) in [6.45, 7) is 1.38. The molecule has 0 aromatic heterocycles. The topological polar surface area (TPSA) is 106 Å². The van der Waals surface area contributed by atoms with Gasteiger partial charge in [0, 0.05) is 25.2 Å².